The average molecular weight is 490 g/mol. The molecule has 1 N–H and O–H groups in total. The molecule has 0 atom stereocenters. The van der Waals surface area contributed by atoms with Crippen LogP contribution in [-0.4, -0.2) is 41.5 Å². The standard InChI is InChI=1S/C27H27N3O4S/c1-3-34-21-14-12-20(13-15-21)30-26(32)22-9-5-6-10-23(22)29-27(30)35-18-25(31)28-17-16-19-8-4-7-11-24(19)33-2/h4-15H,3,16-18H2,1-2H3,(H,28,31). The van der Waals surface area contributed by atoms with Gasteiger partial charge >= 0.3 is 0 Å². The Morgan fingerprint density at radius 2 is 1.77 bits per heavy atom. The van der Waals surface area contributed by atoms with E-state index in [1.165, 1.54) is 11.8 Å². The summed E-state index contributed by atoms with van der Waals surface area (Å²) < 4.78 is 12.4. The molecule has 1 amide bonds. The van der Waals surface area contributed by atoms with Gasteiger partial charge in [0.25, 0.3) is 5.56 Å². The number of aromatic nitrogens is 2. The molecule has 0 aliphatic carbocycles. The first-order valence-corrected chi connectivity index (χ1v) is 12.4. The maximum absolute atomic E-state index is 13.4. The summed E-state index contributed by atoms with van der Waals surface area (Å²) in [7, 11) is 1.63. The Kier molecular flexibility index (Phi) is 8.05. The van der Waals surface area contributed by atoms with Crippen molar-refractivity contribution in [2.45, 2.75) is 18.5 Å². The highest BCUT2D eigenvalue weighted by atomic mass is 32.2. The zero-order valence-electron chi connectivity index (χ0n) is 19.7. The summed E-state index contributed by atoms with van der Waals surface area (Å²) in [6, 6.07) is 22.2. The van der Waals surface area contributed by atoms with Gasteiger partial charge < -0.3 is 14.8 Å². The van der Waals surface area contributed by atoms with Crippen molar-refractivity contribution in [3.8, 4) is 17.2 Å². The average Bonchev–Trinajstić information content (AvgIpc) is 2.89. The van der Waals surface area contributed by atoms with Gasteiger partial charge in [0.2, 0.25) is 5.91 Å². The van der Waals surface area contributed by atoms with E-state index < -0.39 is 0 Å². The lowest BCUT2D eigenvalue weighted by Crippen LogP contribution is -2.28. The second-order valence-corrected chi connectivity index (χ2v) is 8.62. The van der Waals surface area contributed by atoms with E-state index >= 15 is 0 Å². The number of benzene rings is 3. The number of carbonyl (C=O) groups is 1. The van der Waals surface area contributed by atoms with E-state index in [0.717, 1.165) is 17.1 Å². The summed E-state index contributed by atoms with van der Waals surface area (Å²) in [4.78, 5) is 30.6. The number of ether oxygens (including phenoxy) is 2. The molecule has 1 aromatic heterocycles. The Hall–Kier alpha value is -3.78. The van der Waals surface area contributed by atoms with Gasteiger partial charge in [0.05, 0.1) is 36.1 Å². The number of carbonyl (C=O) groups excluding carboxylic acids is 1. The number of para-hydroxylation sites is 2. The molecule has 0 aliphatic heterocycles. The monoisotopic (exact) mass is 489 g/mol. The number of methoxy groups -OCH3 is 1. The van der Waals surface area contributed by atoms with Crippen LogP contribution < -0.4 is 20.3 Å². The summed E-state index contributed by atoms with van der Waals surface area (Å²) >= 11 is 1.23. The summed E-state index contributed by atoms with van der Waals surface area (Å²) in [5.74, 6) is 1.52. The van der Waals surface area contributed by atoms with E-state index in [-0.39, 0.29) is 17.2 Å². The Bertz CT molecular complexity index is 1370. The summed E-state index contributed by atoms with van der Waals surface area (Å²) in [6.07, 6.45) is 0.658. The number of hydrogen-bond donors (Lipinski definition) is 1. The molecule has 180 valence electrons. The summed E-state index contributed by atoms with van der Waals surface area (Å²) in [5, 5.41) is 3.91. The van der Waals surface area contributed by atoms with Crippen molar-refractivity contribution in [1.82, 2.24) is 14.9 Å². The predicted molar refractivity (Wildman–Crippen MR) is 139 cm³/mol. The van der Waals surface area contributed by atoms with Gasteiger partial charge in [-0.3, -0.25) is 14.2 Å². The number of nitrogens with one attached hydrogen (secondary N) is 1. The maximum atomic E-state index is 13.4. The van der Waals surface area contributed by atoms with Crippen LogP contribution in [0.2, 0.25) is 0 Å². The number of thioether (sulfide) groups is 1. The maximum Gasteiger partial charge on any atom is 0.266 e. The molecule has 4 rings (SSSR count). The fourth-order valence-electron chi connectivity index (χ4n) is 3.72. The molecular formula is C27H27N3O4S. The Morgan fingerprint density at radius 3 is 2.54 bits per heavy atom. The first-order chi connectivity index (χ1) is 17.1. The number of amides is 1. The van der Waals surface area contributed by atoms with E-state index in [2.05, 4.69) is 5.32 Å². The zero-order chi connectivity index (χ0) is 24.6. The first-order valence-electron chi connectivity index (χ1n) is 11.4. The minimum Gasteiger partial charge on any atom is -0.496 e. The van der Waals surface area contributed by atoms with Gasteiger partial charge in [-0.25, -0.2) is 4.98 Å². The van der Waals surface area contributed by atoms with Crippen LogP contribution in [0.25, 0.3) is 16.6 Å². The highest BCUT2D eigenvalue weighted by Gasteiger charge is 2.15. The molecule has 7 nitrogen and oxygen atoms in total. The topological polar surface area (TPSA) is 82.4 Å². The normalized spacial score (nSPS) is 10.8. The van der Waals surface area contributed by atoms with Crippen molar-refractivity contribution in [3.05, 3.63) is 88.7 Å². The number of hydrogen-bond acceptors (Lipinski definition) is 6. The van der Waals surface area contributed by atoms with E-state index in [4.69, 9.17) is 14.5 Å². The van der Waals surface area contributed by atoms with E-state index in [1.54, 1.807) is 23.8 Å². The third-order valence-electron chi connectivity index (χ3n) is 5.39. The second kappa shape index (κ2) is 11.6. The van der Waals surface area contributed by atoms with Crippen molar-refractivity contribution in [2.24, 2.45) is 0 Å². The largest absolute Gasteiger partial charge is 0.496 e. The fraction of sp³-hybridized carbons (Fsp3) is 0.222. The SMILES string of the molecule is CCOc1ccc(-n2c(SCC(=O)NCCc3ccccc3OC)nc3ccccc3c2=O)cc1. The lowest BCUT2D eigenvalue weighted by atomic mass is 10.1. The Balaban J connectivity index is 1.51. The zero-order valence-corrected chi connectivity index (χ0v) is 20.5. The molecule has 4 aromatic rings. The van der Waals surface area contributed by atoms with Crippen LogP contribution in [0.15, 0.2) is 82.7 Å². The van der Waals surface area contributed by atoms with Crippen LogP contribution in [-0.2, 0) is 11.2 Å². The van der Waals surface area contributed by atoms with Gasteiger partial charge in [-0.15, -0.1) is 0 Å². The molecule has 35 heavy (non-hydrogen) atoms. The Morgan fingerprint density at radius 1 is 1.03 bits per heavy atom. The minimum absolute atomic E-state index is 0.133. The van der Waals surface area contributed by atoms with Crippen molar-refractivity contribution in [2.75, 3.05) is 26.0 Å². The second-order valence-electron chi connectivity index (χ2n) is 7.68. The van der Waals surface area contributed by atoms with Gasteiger partial charge in [0.15, 0.2) is 5.16 Å². The molecule has 0 unspecified atom stereocenters. The number of fused-ring (bicyclic) bond motifs is 1. The third kappa shape index (κ3) is 5.84. The van der Waals surface area contributed by atoms with Crippen molar-refractivity contribution in [3.63, 3.8) is 0 Å². The lowest BCUT2D eigenvalue weighted by Gasteiger charge is -2.14. The summed E-state index contributed by atoms with van der Waals surface area (Å²) in [6.45, 7) is 2.96. The molecule has 0 bridgehead atoms. The van der Waals surface area contributed by atoms with E-state index in [1.807, 2.05) is 67.6 Å². The van der Waals surface area contributed by atoms with Gasteiger partial charge in [0, 0.05) is 6.54 Å². The molecule has 0 radical (unpaired) electrons. The molecule has 1 heterocycles. The van der Waals surface area contributed by atoms with Gasteiger partial charge in [-0.1, -0.05) is 42.1 Å². The van der Waals surface area contributed by atoms with Crippen molar-refractivity contribution < 1.29 is 14.3 Å². The molecule has 8 heteroatoms. The first kappa shape index (κ1) is 24.3. The molecule has 0 saturated heterocycles. The fourth-order valence-corrected chi connectivity index (χ4v) is 4.56. The highest BCUT2D eigenvalue weighted by molar-refractivity contribution is 7.99. The lowest BCUT2D eigenvalue weighted by molar-refractivity contribution is -0.118. The van der Waals surface area contributed by atoms with Crippen LogP contribution in [0.1, 0.15) is 12.5 Å². The van der Waals surface area contributed by atoms with Crippen LogP contribution in [0.3, 0.4) is 0 Å². The molecular weight excluding hydrogens is 462 g/mol. The molecule has 0 spiro atoms. The van der Waals surface area contributed by atoms with Crippen LogP contribution >= 0.6 is 11.8 Å². The predicted octanol–water partition coefficient (Wildman–Crippen LogP) is 4.24. The van der Waals surface area contributed by atoms with Crippen molar-refractivity contribution in [1.29, 1.82) is 0 Å². The summed E-state index contributed by atoms with van der Waals surface area (Å²) in [5.41, 5.74) is 2.11. The number of nitrogens with zero attached hydrogens (tertiary/aromatic N) is 2. The van der Waals surface area contributed by atoms with E-state index in [9.17, 15) is 9.59 Å². The van der Waals surface area contributed by atoms with Crippen molar-refractivity contribution >= 4 is 28.6 Å². The number of rotatable bonds is 10. The molecule has 0 aliphatic rings. The Labute approximate surface area is 208 Å². The smallest absolute Gasteiger partial charge is 0.266 e. The third-order valence-corrected chi connectivity index (χ3v) is 6.33. The quantitative estimate of drug-likeness (QED) is 0.265. The highest BCUT2D eigenvalue weighted by Crippen LogP contribution is 2.23. The van der Waals surface area contributed by atoms with Gasteiger partial charge in [0.1, 0.15) is 11.5 Å². The molecule has 0 saturated carbocycles. The van der Waals surface area contributed by atoms with Crippen LogP contribution in [0.5, 0.6) is 11.5 Å². The van der Waals surface area contributed by atoms with Crippen LogP contribution in [0, 0.1) is 0 Å². The molecule has 0 fully saturated rings. The van der Waals surface area contributed by atoms with Crippen LogP contribution in [0.4, 0.5) is 0 Å². The molecule has 3 aromatic carbocycles. The van der Waals surface area contributed by atoms with Gasteiger partial charge in [-0.2, -0.15) is 0 Å². The van der Waals surface area contributed by atoms with E-state index in [0.29, 0.717) is 41.3 Å². The minimum atomic E-state index is -0.182. The van der Waals surface area contributed by atoms with Gasteiger partial charge in [-0.05, 0) is 61.4 Å².